The standard InChI is InChI=1S/C10H11ClO/c1-2-3-4-8-5-6-10(12)9(11)7-8/h2-3,5-7,12H,4H2,1H3. The highest BCUT2D eigenvalue weighted by atomic mass is 35.5. The van der Waals surface area contributed by atoms with Gasteiger partial charge in [0, 0.05) is 0 Å². The SMILES string of the molecule is CC=CCc1ccc(O)c(Cl)c1. The molecular weight excluding hydrogens is 172 g/mol. The average Bonchev–Trinajstić information content (AvgIpc) is 2.07. The van der Waals surface area contributed by atoms with Gasteiger partial charge in [0.25, 0.3) is 0 Å². The van der Waals surface area contributed by atoms with Crippen molar-refractivity contribution in [3.63, 3.8) is 0 Å². The van der Waals surface area contributed by atoms with E-state index in [9.17, 15) is 0 Å². The highest BCUT2D eigenvalue weighted by Gasteiger charge is 1.97. The van der Waals surface area contributed by atoms with Crippen molar-refractivity contribution in [3.8, 4) is 5.75 Å². The Labute approximate surface area is 77.3 Å². The van der Waals surface area contributed by atoms with Crippen molar-refractivity contribution in [1.82, 2.24) is 0 Å². The van der Waals surface area contributed by atoms with Crippen LogP contribution in [-0.2, 0) is 6.42 Å². The second kappa shape index (κ2) is 4.17. The van der Waals surface area contributed by atoms with E-state index in [4.69, 9.17) is 16.7 Å². The molecule has 1 N–H and O–H groups in total. The molecule has 2 heteroatoms. The summed E-state index contributed by atoms with van der Waals surface area (Å²) in [4.78, 5) is 0. The molecule has 0 heterocycles. The van der Waals surface area contributed by atoms with E-state index in [2.05, 4.69) is 0 Å². The Morgan fingerprint density at radius 1 is 1.50 bits per heavy atom. The summed E-state index contributed by atoms with van der Waals surface area (Å²) in [5.41, 5.74) is 1.11. The van der Waals surface area contributed by atoms with Crippen LogP contribution in [0.5, 0.6) is 5.75 Å². The fourth-order valence-corrected chi connectivity index (χ4v) is 1.13. The van der Waals surface area contributed by atoms with Crippen molar-refractivity contribution in [1.29, 1.82) is 0 Å². The Hall–Kier alpha value is -0.950. The van der Waals surface area contributed by atoms with E-state index in [-0.39, 0.29) is 5.75 Å². The molecule has 0 saturated heterocycles. The molecule has 1 rings (SSSR count). The first-order valence-corrected chi connectivity index (χ1v) is 4.20. The van der Waals surface area contributed by atoms with Crippen molar-refractivity contribution < 1.29 is 5.11 Å². The molecule has 0 atom stereocenters. The predicted molar refractivity (Wildman–Crippen MR) is 51.6 cm³/mol. The number of allylic oxidation sites excluding steroid dienone is 2. The summed E-state index contributed by atoms with van der Waals surface area (Å²) in [5.74, 6) is 0.140. The van der Waals surface area contributed by atoms with Crippen molar-refractivity contribution in [2.45, 2.75) is 13.3 Å². The molecule has 0 spiro atoms. The van der Waals surface area contributed by atoms with Gasteiger partial charge >= 0.3 is 0 Å². The molecule has 1 aromatic carbocycles. The maximum absolute atomic E-state index is 9.12. The normalized spacial score (nSPS) is 10.8. The third-order valence-electron chi connectivity index (χ3n) is 1.60. The van der Waals surface area contributed by atoms with E-state index in [0.29, 0.717) is 5.02 Å². The molecule has 12 heavy (non-hydrogen) atoms. The molecule has 0 radical (unpaired) electrons. The number of rotatable bonds is 2. The molecule has 0 aliphatic rings. The van der Waals surface area contributed by atoms with Gasteiger partial charge in [-0.05, 0) is 31.0 Å². The number of hydrogen-bond donors (Lipinski definition) is 1. The van der Waals surface area contributed by atoms with Crippen LogP contribution in [0.15, 0.2) is 30.4 Å². The second-order valence-corrected chi connectivity index (χ2v) is 2.97. The molecule has 0 aromatic heterocycles. The molecule has 0 bridgehead atoms. The van der Waals surface area contributed by atoms with Crippen LogP contribution in [0.1, 0.15) is 12.5 Å². The van der Waals surface area contributed by atoms with Gasteiger partial charge in [0.2, 0.25) is 0 Å². The van der Waals surface area contributed by atoms with Crippen LogP contribution in [0.4, 0.5) is 0 Å². The molecule has 0 aliphatic carbocycles. The van der Waals surface area contributed by atoms with Crippen LogP contribution in [0, 0.1) is 0 Å². The van der Waals surface area contributed by atoms with Crippen molar-refractivity contribution in [3.05, 3.63) is 40.9 Å². The number of phenols is 1. The van der Waals surface area contributed by atoms with E-state index in [1.165, 1.54) is 0 Å². The van der Waals surface area contributed by atoms with Crippen LogP contribution in [0.25, 0.3) is 0 Å². The van der Waals surface area contributed by atoms with Gasteiger partial charge in [-0.25, -0.2) is 0 Å². The first-order chi connectivity index (χ1) is 5.74. The van der Waals surface area contributed by atoms with Crippen molar-refractivity contribution >= 4 is 11.6 Å². The van der Waals surface area contributed by atoms with E-state index in [1.54, 1.807) is 12.1 Å². The Balaban J connectivity index is 2.82. The molecule has 0 saturated carbocycles. The fraction of sp³-hybridized carbons (Fsp3) is 0.200. The zero-order valence-electron chi connectivity index (χ0n) is 6.92. The lowest BCUT2D eigenvalue weighted by Crippen LogP contribution is -1.80. The molecule has 0 aliphatic heterocycles. The first-order valence-electron chi connectivity index (χ1n) is 3.82. The molecular formula is C10H11ClO. The smallest absolute Gasteiger partial charge is 0.134 e. The topological polar surface area (TPSA) is 20.2 Å². The van der Waals surface area contributed by atoms with Gasteiger partial charge in [-0.1, -0.05) is 29.8 Å². The molecule has 0 fully saturated rings. The number of halogens is 1. The van der Waals surface area contributed by atoms with Gasteiger partial charge < -0.3 is 5.11 Å². The lowest BCUT2D eigenvalue weighted by atomic mass is 10.1. The van der Waals surface area contributed by atoms with Crippen LogP contribution in [0.3, 0.4) is 0 Å². The zero-order chi connectivity index (χ0) is 8.97. The Bertz CT molecular complexity index is 292. The predicted octanol–water partition coefficient (Wildman–Crippen LogP) is 3.16. The van der Waals surface area contributed by atoms with Gasteiger partial charge in [0.05, 0.1) is 5.02 Å². The van der Waals surface area contributed by atoms with Gasteiger partial charge in [-0.2, -0.15) is 0 Å². The van der Waals surface area contributed by atoms with E-state index < -0.39 is 0 Å². The van der Waals surface area contributed by atoms with Gasteiger partial charge in [-0.15, -0.1) is 0 Å². The van der Waals surface area contributed by atoms with E-state index in [0.717, 1.165) is 12.0 Å². The molecule has 0 amide bonds. The molecule has 1 nitrogen and oxygen atoms in total. The van der Waals surface area contributed by atoms with Crippen LogP contribution < -0.4 is 0 Å². The number of benzene rings is 1. The Kier molecular flexibility index (Phi) is 3.18. The summed E-state index contributed by atoms with van der Waals surface area (Å²) >= 11 is 5.72. The monoisotopic (exact) mass is 182 g/mol. The first kappa shape index (κ1) is 9.14. The fourth-order valence-electron chi connectivity index (χ4n) is 0.931. The van der Waals surface area contributed by atoms with Gasteiger partial charge in [0.1, 0.15) is 5.75 Å². The number of aromatic hydroxyl groups is 1. The number of hydrogen-bond acceptors (Lipinski definition) is 1. The number of phenolic OH excluding ortho intramolecular Hbond substituents is 1. The maximum atomic E-state index is 9.12. The second-order valence-electron chi connectivity index (χ2n) is 2.56. The largest absolute Gasteiger partial charge is 0.506 e. The summed E-state index contributed by atoms with van der Waals surface area (Å²) in [6, 6.07) is 5.25. The van der Waals surface area contributed by atoms with Crippen LogP contribution in [-0.4, -0.2) is 5.11 Å². The minimum absolute atomic E-state index is 0.140. The molecule has 1 aromatic rings. The lowest BCUT2D eigenvalue weighted by molar-refractivity contribution is 0.475. The zero-order valence-corrected chi connectivity index (χ0v) is 7.67. The average molecular weight is 183 g/mol. The van der Waals surface area contributed by atoms with E-state index >= 15 is 0 Å². The van der Waals surface area contributed by atoms with E-state index in [1.807, 2.05) is 25.1 Å². The van der Waals surface area contributed by atoms with Crippen LogP contribution in [0.2, 0.25) is 5.02 Å². The Morgan fingerprint density at radius 2 is 2.25 bits per heavy atom. The molecule has 0 unspecified atom stereocenters. The van der Waals surface area contributed by atoms with Gasteiger partial charge in [0.15, 0.2) is 0 Å². The summed E-state index contributed by atoms with van der Waals surface area (Å²) in [6.45, 7) is 1.97. The van der Waals surface area contributed by atoms with Crippen molar-refractivity contribution in [2.24, 2.45) is 0 Å². The maximum Gasteiger partial charge on any atom is 0.134 e. The highest BCUT2D eigenvalue weighted by molar-refractivity contribution is 6.32. The summed E-state index contributed by atoms with van der Waals surface area (Å²) < 4.78 is 0. The van der Waals surface area contributed by atoms with Gasteiger partial charge in [-0.3, -0.25) is 0 Å². The summed E-state index contributed by atoms with van der Waals surface area (Å²) in [5, 5.41) is 9.53. The van der Waals surface area contributed by atoms with Crippen molar-refractivity contribution in [2.75, 3.05) is 0 Å². The highest BCUT2D eigenvalue weighted by Crippen LogP contribution is 2.23. The third-order valence-corrected chi connectivity index (χ3v) is 1.90. The van der Waals surface area contributed by atoms with Crippen LogP contribution >= 0.6 is 11.6 Å². The quantitative estimate of drug-likeness (QED) is 0.697. The molecule has 64 valence electrons. The Morgan fingerprint density at radius 3 is 2.83 bits per heavy atom. The summed E-state index contributed by atoms with van der Waals surface area (Å²) in [7, 11) is 0. The summed E-state index contributed by atoms with van der Waals surface area (Å²) in [6.07, 6.45) is 4.89. The minimum Gasteiger partial charge on any atom is -0.506 e. The third kappa shape index (κ3) is 2.28. The lowest BCUT2D eigenvalue weighted by Gasteiger charge is -1.99. The minimum atomic E-state index is 0.140.